The molecule has 0 saturated carbocycles. The van der Waals surface area contributed by atoms with E-state index < -0.39 is 5.97 Å². The van der Waals surface area contributed by atoms with Gasteiger partial charge in [0.15, 0.2) is 0 Å². The van der Waals surface area contributed by atoms with Crippen molar-refractivity contribution in [3.05, 3.63) is 59.3 Å². The quantitative estimate of drug-likeness (QED) is 0.940. The molecule has 1 aromatic heterocycles. The maximum Gasteiger partial charge on any atom is 0.339 e. The van der Waals surface area contributed by atoms with Crippen LogP contribution in [0.4, 0.5) is 5.82 Å². The predicted octanol–water partition coefficient (Wildman–Crippen LogP) is 3.08. The van der Waals surface area contributed by atoms with Crippen LogP contribution in [0, 0.1) is 6.92 Å². The Kier molecular flexibility index (Phi) is 3.60. The highest BCUT2D eigenvalue weighted by Gasteiger charge is 2.27. The number of anilines is 1. The van der Waals surface area contributed by atoms with Gasteiger partial charge in [0.25, 0.3) is 0 Å². The standard InChI is InChI=1S/C17H18N2O2/c1-12-7-8-15(17(20)21)16(18-12)19-10-9-14(11-19)13-5-3-2-4-6-13/h2-8,14H,9-11H2,1H3,(H,20,21). The van der Waals surface area contributed by atoms with Crippen LogP contribution in [0.15, 0.2) is 42.5 Å². The minimum absolute atomic E-state index is 0.286. The number of carboxylic acids is 1. The van der Waals surface area contributed by atoms with E-state index in [0.29, 0.717) is 11.7 Å². The molecule has 1 aliphatic heterocycles. The van der Waals surface area contributed by atoms with Crippen LogP contribution in [0.2, 0.25) is 0 Å². The molecule has 1 aliphatic rings. The second-order valence-corrected chi connectivity index (χ2v) is 5.47. The minimum atomic E-state index is -0.916. The van der Waals surface area contributed by atoms with E-state index in [0.717, 1.165) is 25.2 Å². The van der Waals surface area contributed by atoms with E-state index in [2.05, 4.69) is 22.0 Å². The summed E-state index contributed by atoms with van der Waals surface area (Å²) in [6.07, 6.45) is 1.03. The van der Waals surface area contributed by atoms with Crippen molar-refractivity contribution in [3.63, 3.8) is 0 Å². The first-order valence-electron chi connectivity index (χ1n) is 7.16. The number of benzene rings is 1. The van der Waals surface area contributed by atoms with E-state index in [-0.39, 0.29) is 5.56 Å². The molecule has 3 rings (SSSR count). The summed E-state index contributed by atoms with van der Waals surface area (Å²) >= 11 is 0. The maximum atomic E-state index is 11.4. The van der Waals surface area contributed by atoms with E-state index >= 15 is 0 Å². The number of carbonyl (C=O) groups is 1. The van der Waals surface area contributed by atoms with Gasteiger partial charge in [0.05, 0.1) is 0 Å². The van der Waals surface area contributed by atoms with E-state index in [1.54, 1.807) is 12.1 Å². The maximum absolute atomic E-state index is 11.4. The van der Waals surface area contributed by atoms with Crippen molar-refractivity contribution in [1.29, 1.82) is 0 Å². The van der Waals surface area contributed by atoms with Gasteiger partial charge >= 0.3 is 5.97 Å². The third kappa shape index (κ3) is 2.75. The van der Waals surface area contributed by atoms with E-state index in [1.165, 1.54) is 5.56 Å². The highest BCUT2D eigenvalue weighted by molar-refractivity contribution is 5.93. The Morgan fingerprint density at radius 3 is 2.71 bits per heavy atom. The van der Waals surface area contributed by atoms with Crippen molar-refractivity contribution in [1.82, 2.24) is 4.98 Å². The van der Waals surface area contributed by atoms with E-state index in [1.807, 2.05) is 25.1 Å². The number of pyridine rings is 1. The molecule has 0 spiro atoms. The number of aryl methyl sites for hydroxylation is 1. The number of hydrogen-bond acceptors (Lipinski definition) is 3. The summed E-state index contributed by atoms with van der Waals surface area (Å²) in [5.74, 6) is 0.122. The lowest BCUT2D eigenvalue weighted by molar-refractivity contribution is 0.0697. The fraction of sp³-hybridized carbons (Fsp3) is 0.294. The van der Waals surface area contributed by atoms with E-state index in [9.17, 15) is 9.90 Å². The molecule has 0 amide bonds. The Morgan fingerprint density at radius 1 is 1.24 bits per heavy atom. The second-order valence-electron chi connectivity index (χ2n) is 5.47. The third-order valence-electron chi connectivity index (χ3n) is 4.00. The lowest BCUT2D eigenvalue weighted by atomic mass is 9.99. The van der Waals surface area contributed by atoms with Gasteiger partial charge in [-0.2, -0.15) is 0 Å². The normalized spacial score (nSPS) is 18.0. The number of nitrogens with zero attached hydrogens (tertiary/aromatic N) is 2. The Balaban J connectivity index is 1.86. The molecule has 1 saturated heterocycles. The van der Waals surface area contributed by atoms with Crippen molar-refractivity contribution < 1.29 is 9.90 Å². The molecule has 0 bridgehead atoms. The summed E-state index contributed by atoms with van der Waals surface area (Å²) in [6, 6.07) is 13.8. The largest absolute Gasteiger partial charge is 0.478 e. The van der Waals surface area contributed by atoms with Crippen LogP contribution in [0.3, 0.4) is 0 Å². The summed E-state index contributed by atoms with van der Waals surface area (Å²) < 4.78 is 0. The van der Waals surface area contributed by atoms with Gasteiger partial charge in [0, 0.05) is 24.7 Å². The zero-order valence-electron chi connectivity index (χ0n) is 12.0. The van der Waals surface area contributed by atoms with Crippen LogP contribution in [-0.2, 0) is 0 Å². The van der Waals surface area contributed by atoms with Crippen LogP contribution < -0.4 is 4.90 Å². The zero-order valence-corrected chi connectivity index (χ0v) is 12.0. The molecule has 108 valence electrons. The lowest BCUT2D eigenvalue weighted by Gasteiger charge is -2.20. The topological polar surface area (TPSA) is 53.4 Å². The van der Waals surface area contributed by atoms with Crippen molar-refractivity contribution >= 4 is 11.8 Å². The van der Waals surface area contributed by atoms with Gasteiger partial charge in [-0.3, -0.25) is 0 Å². The first-order chi connectivity index (χ1) is 10.1. The van der Waals surface area contributed by atoms with Gasteiger partial charge in [-0.05, 0) is 31.0 Å². The Labute approximate surface area is 124 Å². The number of aromatic nitrogens is 1. The molecule has 2 heterocycles. The summed E-state index contributed by atoms with van der Waals surface area (Å²) in [6.45, 7) is 3.55. The first-order valence-corrected chi connectivity index (χ1v) is 7.16. The number of carboxylic acid groups (broad SMARTS) is 1. The average Bonchev–Trinajstić information content (AvgIpc) is 2.97. The number of aromatic carboxylic acids is 1. The molecule has 4 nitrogen and oxygen atoms in total. The fourth-order valence-corrected chi connectivity index (χ4v) is 2.90. The SMILES string of the molecule is Cc1ccc(C(=O)O)c(N2CCC(c3ccccc3)C2)n1. The van der Waals surface area contributed by atoms with Crippen molar-refractivity contribution in [2.75, 3.05) is 18.0 Å². The number of hydrogen-bond donors (Lipinski definition) is 1. The monoisotopic (exact) mass is 282 g/mol. The van der Waals surface area contributed by atoms with Gasteiger partial charge < -0.3 is 10.0 Å². The fourth-order valence-electron chi connectivity index (χ4n) is 2.90. The molecule has 2 aromatic rings. The Morgan fingerprint density at radius 2 is 2.00 bits per heavy atom. The lowest BCUT2D eigenvalue weighted by Crippen LogP contribution is -2.23. The molecule has 1 atom stereocenters. The number of rotatable bonds is 3. The van der Waals surface area contributed by atoms with Crippen molar-refractivity contribution in [2.45, 2.75) is 19.3 Å². The van der Waals surface area contributed by atoms with Crippen LogP contribution >= 0.6 is 0 Å². The summed E-state index contributed by atoms with van der Waals surface area (Å²) in [5.41, 5.74) is 2.44. The molecule has 1 fully saturated rings. The van der Waals surface area contributed by atoms with Gasteiger partial charge in [-0.15, -0.1) is 0 Å². The molecule has 1 N–H and O–H groups in total. The molecule has 1 unspecified atom stereocenters. The summed E-state index contributed by atoms with van der Waals surface area (Å²) in [4.78, 5) is 17.9. The average molecular weight is 282 g/mol. The van der Waals surface area contributed by atoms with Gasteiger partial charge in [-0.1, -0.05) is 30.3 Å². The Bertz CT molecular complexity index is 655. The van der Waals surface area contributed by atoms with Gasteiger partial charge in [-0.25, -0.2) is 9.78 Å². The van der Waals surface area contributed by atoms with Crippen LogP contribution in [0.5, 0.6) is 0 Å². The molecule has 21 heavy (non-hydrogen) atoms. The first kappa shape index (κ1) is 13.6. The smallest absolute Gasteiger partial charge is 0.339 e. The highest BCUT2D eigenvalue weighted by atomic mass is 16.4. The molecule has 1 aromatic carbocycles. The molecular weight excluding hydrogens is 264 g/mol. The zero-order chi connectivity index (χ0) is 14.8. The third-order valence-corrected chi connectivity index (χ3v) is 4.00. The highest BCUT2D eigenvalue weighted by Crippen LogP contribution is 2.31. The van der Waals surface area contributed by atoms with Gasteiger partial charge in [0.1, 0.15) is 11.4 Å². The second kappa shape index (κ2) is 5.56. The van der Waals surface area contributed by atoms with E-state index in [4.69, 9.17) is 0 Å². The summed E-state index contributed by atoms with van der Waals surface area (Å²) in [7, 11) is 0. The summed E-state index contributed by atoms with van der Waals surface area (Å²) in [5, 5.41) is 9.33. The molecule has 4 heteroatoms. The minimum Gasteiger partial charge on any atom is -0.478 e. The van der Waals surface area contributed by atoms with Crippen molar-refractivity contribution in [2.24, 2.45) is 0 Å². The Hall–Kier alpha value is -2.36. The van der Waals surface area contributed by atoms with Crippen LogP contribution in [0.1, 0.15) is 34.0 Å². The molecular formula is C17H18N2O2. The molecule has 0 aliphatic carbocycles. The van der Waals surface area contributed by atoms with Crippen molar-refractivity contribution in [3.8, 4) is 0 Å². The predicted molar refractivity (Wildman–Crippen MR) is 81.9 cm³/mol. The van der Waals surface area contributed by atoms with Crippen LogP contribution in [0.25, 0.3) is 0 Å². The van der Waals surface area contributed by atoms with Crippen LogP contribution in [-0.4, -0.2) is 29.1 Å². The van der Waals surface area contributed by atoms with Gasteiger partial charge in [0.2, 0.25) is 0 Å². The molecule has 0 radical (unpaired) electrons.